The lowest BCUT2D eigenvalue weighted by Crippen LogP contribution is -1.99. The molecule has 0 aliphatic rings. The Kier molecular flexibility index (Phi) is 4.50. The summed E-state index contributed by atoms with van der Waals surface area (Å²) in [5.41, 5.74) is 6.24. The van der Waals surface area contributed by atoms with Gasteiger partial charge in [0.25, 0.3) is 5.69 Å². The fourth-order valence-electron chi connectivity index (χ4n) is 2.59. The van der Waals surface area contributed by atoms with Crippen LogP contribution in [0.4, 0.5) is 22.7 Å². The zero-order valence-electron chi connectivity index (χ0n) is 14.0. The van der Waals surface area contributed by atoms with Gasteiger partial charge in [-0.2, -0.15) is 0 Å². The Morgan fingerprint density at radius 3 is 2.41 bits per heavy atom. The number of non-ortho nitro benzene ring substituents is 1. The molecule has 0 heterocycles. The summed E-state index contributed by atoms with van der Waals surface area (Å²) in [5.74, 6) is 0.0170. The molecular formula is C17H14N4O5S. The molecule has 0 spiro atoms. The largest absolute Gasteiger partial charge is 0.507 e. The second-order valence-electron chi connectivity index (χ2n) is 5.75. The van der Waals surface area contributed by atoms with E-state index in [4.69, 9.17) is 5.73 Å². The predicted octanol–water partition coefficient (Wildman–Crippen LogP) is 3.85. The molecule has 0 atom stereocenters. The van der Waals surface area contributed by atoms with E-state index in [0.717, 1.165) is 18.4 Å². The molecule has 0 aliphatic carbocycles. The van der Waals surface area contributed by atoms with E-state index in [0.29, 0.717) is 22.1 Å². The Morgan fingerprint density at radius 2 is 1.74 bits per heavy atom. The Bertz CT molecular complexity index is 1210. The molecular weight excluding hydrogens is 372 g/mol. The van der Waals surface area contributed by atoms with E-state index in [1.807, 2.05) is 0 Å². The van der Waals surface area contributed by atoms with E-state index in [1.54, 1.807) is 18.2 Å². The van der Waals surface area contributed by atoms with Gasteiger partial charge in [0.2, 0.25) is 0 Å². The van der Waals surface area contributed by atoms with Crippen molar-refractivity contribution >= 4 is 43.4 Å². The number of aromatic hydroxyl groups is 1. The Balaban J connectivity index is 2.17. The van der Waals surface area contributed by atoms with Crippen LogP contribution in [0.5, 0.6) is 5.75 Å². The normalized spacial score (nSPS) is 11.9. The van der Waals surface area contributed by atoms with Crippen LogP contribution < -0.4 is 5.73 Å². The summed E-state index contributed by atoms with van der Waals surface area (Å²) < 4.78 is 23.9. The number of sulfone groups is 1. The molecule has 10 heteroatoms. The van der Waals surface area contributed by atoms with Crippen LogP contribution in [0.15, 0.2) is 63.7 Å². The molecule has 3 aromatic carbocycles. The van der Waals surface area contributed by atoms with Gasteiger partial charge in [-0.15, -0.1) is 10.2 Å². The predicted molar refractivity (Wildman–Crippen MR) is 100 cm³/mol. The summed E-state index contributed by atoms with van der Waals surface area (Å²) in [7, 11) is -3.77. The van der Waals surface area contributed by atoms with Gasteiger partial charge >= 0.3 is 0 Å². The molecule has 138 valence electrons. The minimum Gasteiger partial charge on any atom is -0.507 e. The summed E-state index contributed by atoms with van der Waals surface area (Å²) >= 11 is 0. The molecule has 0 unspecified atom stereocenters. The van der Waals surface area contributed by atoms with Gasteiger partial charge in [-0.1, -0.05) is 12.1 Å². The monoisotopic (exact) mass is 386 g/mol. The molecule has 3 N–H and O–H groups in total. The lowest BCUT2D eigenvalue weighted by Gasteiger charge is -2.07. The van der Waals surface area contributed by atoms with Crippen LogP contribution in [-0.2, 0) is 9.84 Å². The summed E-state index contributed by atoms with van der Waals surface area (Å²) in [4.78, 5) is 9.91. The highest BCUT2D eigenvalue weighted by Crippen LogP contribution is 2.38. The Labute approximate surface area is 153 Å². The van der Waals surface area contributed by atoms with Crippen LogP contribution in [0.3, 0.4) is 0 Å². The highest BCUT2D eigenvalue weighted by molar-refractivity contribution is 7.90. The Morgan fingerprint density at radius 1 is 1.07 bits per heavy atom. The highest BCUT2D eigenvalue weighted by atomic mass is 32.2. The van der Waals surface area contributed by atoms with Crippen LogP contribution in [-0.4, -0.2) is 24.7 Å². The van der Waals surface area contributed by atoms with Gasteiger partial charge in [-0.3, -0.25) is 10.1 Å². The second-order valence-corrected chi connectivity index (χ2v) is 7.74. The standard InChI is InChI=1S/C17H14N4O5S/c1-27(25,26)16-9-10(21(23)24)5-6-13(16)19-20-14-7-8-15(22)11-3-2-4-12(18)17(11)14/h2-9,22H,18H2,1H3. The SMILES string of the molecule is CS(=O)(=O)c1cc([N+](=O)[O-])ccc1N=Nc1ccc(O)c2cccc(N)c12. The first-order chi connectivity index (χ1) is 12.7. The minimum atomic E-state index is -3.77. The molecule has 0 aromatic heterocycles. The molecule has 0 saturated carbocycles. The number of hydrogen-bond donors (Lipinski definition) is 2. The van der Waals surface area contributed by atoms with Gasteiger partial charge in [0.1, 0.15) is 16.3 Å². The number of fused-ring (bicyclic) bond motifs is 1. The van der Waals surface area contributed by atoms with Crippen molar-refractivity contribution in [1.29, 1.82) is 0 Å². The third kappa shape index (κ3) is 3.55. The molecule has 3 rings (SSSR count). The smallest absolute Gasteiger partial charge is 0.270 e. The van der Waals surface area contributed by atoms with Crippen molar-refractivity contribution in [2.75, 3.05) is 12.0 Å². The van der Waals surface area contributed by atoms with Crippen LogP contribution in [0.1, 0.15) is 0 Å². The topological polar surface area (TPSA) is 148 Å². The number of nitro benzene ring substituents is 1. The van der Waals surface area contributed by atoms with Crippen molar-refractivity contribution in [3.63, 3.8) is 0 Å². The van der Waals surface area contributed by atoms with Crippen molar-refractivity contribution in [3.8, 4) is 5.75 Å². The van der Waals surface area contributed by atoms with Crippen LogP contribution in [0.25, 0.3) is 10.8 Å². The van der Waals surface area contributed by atoms with Gasteiger partial charge in [0.15, 0.2) is 9.84 Å². The average Bonchev–Trinajstić information content (AvgIpc) is 2.60. The molecule has 0 bridgehead atoms. The lowest BCUT2D eigenvalue weighted by atomic mass is 10.1. The lowest BCUT2D eigenvalue weighted by molar-refractivity contribution is -0.385. The number of nitrogen functional groups attached to an aromatic ring is 1. The van der Waals surface area contributed by atoms with Gasteiger partial charge in [0, 0.05) is 34.8 Å². The van der Waals surface area contributed by atoms with E-state index >= 15 is 0 Å². The first-order valence-corrected chi connectivity index (χ1v) is 9.48. The molecule has 9 nitrogen and oxygen atoms in total. The molecule has 0 radical (unpaired) electrons. The van der Waals surface area contributed by atoms with Crippen molar-refractivity contribution in [2.24, 2.45) is 10.2 Å². The van der Waals surface area contributed by atoms with Gasteiger partial charge in [0.05, 0.1) is 10.6 Å². The number of benzene rings is 3. The number of hydrogen-bond acceptors (Lipinski definition) is 8. The van der Waals surface area contributed by atoms with E-state index in [2.05, 4.69) is 10.2 Å². The third-order valence-corrected chi connectivity index (χ3v) is 4.97. The molecule has 0 saturated heterocycles. The molecule has 0 fully saturated rings. The molecule has 27 heavy (non-hydrogen) atoms. The van der Waals surface area contributed by atoms with Crippen molar-refractivity contribution in [3.05, 3.63) is 58.6 Å². The van der Waals surface area contributed by atoms with E-state index < -0.39 is 14.8 Å². The zero-order chi connectivity index (χ0) is 19.8. The highest BCUT2D eigenvalue weighted by Gasteiger charge is 2.18. The quantitative estimate of drug-likeness (QED) is 0.301. The van der Waals surface area contributed by atoms with Crippen molar-refractivity contribution < 1.29 is 18.4 Å². The third-order valence-electron chi connectivity index (χ3n) is 3.85. The maximum Gasteiger partial charge on any atom is 0.270 e. The second kappa shape index (κ2) is 6.65. The fourth-order valence-corrected chi connectivity index (χ4v) is 3.41. The van der Waals surface area contributed by atoms with E-state index in [1.165, 1.54) is 18.2 Å². The molecule has 0 aliphatic heterocycles. The summed E-state index contributed by atoms with van der Waals surface area (Å²) in [6, 6.07) is 11.2. The number of azo groups is 1. The van der Waals surface area contributed by atoms with Crippen LogP contribution >= 0.6 is 0 Å². The van der Waals surface area contributed by atoms with Gasteiger partial charge in [-0.25, -0.2) is 8.42 Å². The molecule has 3 aromatic rings. The average molecular weight is 386 g/mol. The number of nitrogens with zero attached hydrogens (tertiary/aromatic N) is 3. The number of anilines is 1. The first kappa shape index (κ1) is 18.3. The Hall–Kier alpha value is -3.53. The van der Waals surface area contributed by atoms with Crippen LogP contribution in [0, 0.1) is 10.1 Å². The van der Waals surface area contributed by atoms with Crippen molar-refractivity contribution in [1.82, 2.24) is 0 Å². The van der Waals surface area contributed by atoms with Gasteiger partial charge < -0.3 is 10.8 Å². The summed E-state index contributed by atoms with van der Waals surface area (Å²) in [6.07, 6.45) is 0.930. The number of nitro groups is 1. The van der Waals surface area contributed by atoms with Crippen molar-refractivity contribution in [2.45, 2.75) is 4.90 Å². The molecule has 0 amide bonds. The van der Waals surface area contributed by atoms with Gasteiger partial charge in [-0.05, 0) is 24.3 Å². The van der Waals surface area contributed by atoms with Crippen LogP contribution in [0.2, 0.25) is 0 Å². The van der Waals surface area contributed by atoms with E-state index in [9.17, 15) is 23.6 Å². The first-order valence-electron chi connectivity index (χ1n) is 7.59. The summed E-state index contributed by atoms with van der Waals surface area (Å²) in [5, 5.41) is 29.8. The summed E-state index contributed by atoms with van der Waals surface area (Å²) in [6.45, 7) is 0. The zero-order valence-corrected chi connectivity index (χ0v) is 14.8. The number of phenolic OH excluding ortho intramolecular Hbond substituents is 1. The van der Waals surface area contributed by atoms with E-state index in [-0.39, 0.29) is 22.0 Å². The maximum absolute atomic E-state index is 12.0. The number of nitrogens with two attached hydrogens (primary N) is 1. The minimum absolute atomic E-state index is 0.0170. The fraction of sp³-hybridized carbons (Fsp3) is 0.0588. The maximum atomic E-state index is 12.0. The number of phenols is 1. The number of rotatable bonds is 4.